The van der Waals surface area contributed by atoms with Crippen LogP contribution in [-0.2, 0) is 12.0 Å². The standard InChI is InChI=1S/C32H33ClN2O2.C2H6/c1-21(2)19-34-20-23(4)32(37)26-12-9-22(3)25(16-26)11-10-24(8-6-5-7-15-36)28-18-31(33)35-30-14-13-27(32)17-29(28)30;1-2/h5-10,12-14,16-21,36-37H,11,15H2,1-4H3;1-2H3/b7-5?,8-6-,23-20+,24-10+,34-19?;. The number of aliphatic hydroxyl groups is 2. The summed E-state index contributed by atoms with van der Waals surface area (Å²) in [6.07, 6.45) is 13.9. The Labute approximate surface area is 237 Å². The molecule has 4 bridgehead atoms. The number of nitrogens with zero attached hydrogens (tertiary/aromatic N) is 2. The molecule has 204 valence electrons. The number of hydrogen-bond acceptors (Lipinski definition) is 4. The minimum Gasteiger partial charge on any atom is -0.392 e. The Balaban J connectivity index is 0.00000205. The van der Waals surface area contributed by atoms with E-state index in [0.717, 1.165) is 49.9 Å². The molecule has 1 heterocycles. The van der Waals surface area contributed by atoms with E-state index in [4.69, 9.17) is 16.7 Å². The van der Waals surface area contributed by atoms with Gasteiger partial charge in [-0.1, -0.05) is 93.9 Å². The molecule has 39 heavy (non-hydrogen) atoms. The van der Waals surface area contributed by atoms with Crippen LogP contribution in [0, 0.1) is 12.8 Å². The number of pyridine rings is 1. The second kappa shape index (κ2) is 13.7. The Kier molecular flexibility index (Phi) is 10.6. The number of aryl methyl sites for hydroxylation is 1. The molecule has 0 amide bonds. The zero-order chi connectivity index (χ0) is 28.6. The minimum absolute atomic E-state index is 0.0184. The molecule has 4 rings (SSSR count). The molecule has 1 aliphatic carbocycles. The first-order valence-electron chi connectivity index (χ1n) is 13.5. The summed E-state index contributed by atoms with van der Waals surface area (Å²) in [6.45, 7) is 12.1. The smallest absolute Gasteiger partial charge is 0.138 e. The number of aromatic nitrogens is 1. The molecule has 1 atom stereocenters. The highest BCUT2D eigenvalue weighted by Crippen LogP contribution is 2.40. The van der Waals surface area contributed by atoms with Crippen LogP contribution >= 0.6 is 11.6 Å². The Morgan fingerprint density at radius 1 is 1.10 bits per heavy atom. The quantitative estimate of drug-likeness (QED) is 0.188. The Morgan fingerprint density at radius 2 is 1.82 bits per heavy atom. The average molecular weight is 543 g/mol. The molecule has 1 unspecified atom stereocenters. The summed E-state index contributed by atoms with van der Waals surface area (Å²) < 4.78 is 0. The molecule has 0 saturated heterocycles. The molecule has 1 aliphatic rings. The van der Waals surface area contributed by atoms with E-state index < -0.39 is 5.60 Å². The lowest BCUT2D eigenvalue weighted by Crippen LogP contribution is -2.29. The van der Waals surface area contributed by atoms with Crippen molar-refractivity contribution in [2.24, 2.45) is 10.9 Å². The number of rotatable bonds is 6. The molecule has 2 aromatic carbocycles. The van der Waals surface area contributed by atoms with Gasteiger partial charge < -0.3 is 10.2 Å². The topological polar surface area (TPSA) is 65.7 Å². The van der Waals surface area contributed by atoms with E-state index in [9.17, 15) is 5.11 Å². The molecule has 0 radical (unpaired) electrons. The lowest BCUT2D eigenvalue weighted by atomic mass is 9.79. The number of fused-ring (bicyclic) bond motifs is 3. The number of halogens is 1. The molecule has 0 spiro atoms. The highest BCUT2D eigenvalue weighted by atomic mass is 35.5. The van der Waals surface area contributed by atoms with Gasteiger partial charge in [0, 0.05) is 17.8 Å². The molecule has 3 aromatic rings. The third kappa shape index (κ3) is 6.83. The summed E-state index contributed by atoms with van der Waals surface area (Å²) in [5.41, 5.74) is 5.81. The van der Waals surface area contributed by atoms with Crippen molar-refractivity contribution in [1.29, 1.82) is 0 Å². The molecule has 4 nitrogen and oxygen atoms in total. The van der Waals surface area contributed by atoms with Crippen LogP contribution in [0.15, 0.2) is 89.6 Å². The number of benzene rings is 2. The predicted molar refractivity (Wildman–Crippen MR) is 166 cm³/mol. The van der Waals surface area contributed by atoms with Gasteiger partial charge in [0.15, 0.2) is 0 Å². The van der Waals surface area contributed by atoms with Crippen molar-refractivity contribution in [2.75, 3.05) is 6.61 Å². The van der Waals surface area contributed by atoms with E-state index in [2.05, 4.69) is 49.0 Å². The minimum atomic E-state index is -1.38. The van der Waals surface area contributed by atoms with Gasteiger partial charge in [-0.25, -0.2) is 4.98 Å². The van der Waals surface area contributed by atoms with E-state index in [1.54, 1.807) is 12.3 Å². The van der Waals surface area contributed by atoms with Gasteiger partial charge in [-0.05, 0) is 83.3 Å². The van der Waals surface area contributed by atoms with Crippen LogP contribution in [0.2, 0.25) is 5.15 Å². The van der Waals surface area contributed by atoms with Gasteiger partial charge in [-0.3, -0.25) is 4.99 Å². The first-order chi connectivity index (χ1) is 18.7. The highest BCUT2D eigenvalue weighted by Gasteiger charge is 2.35. The van der Waals surface area contributed by atoms with Crippen molar-refractivity contribution >= 4 is 34.3 Å². The lowest BCUT2D eigenvalue weighted by Gasteiger charge is -2.31. The summed E-state index contributed by atoms with van der Waals surface area (Å²) in [4.78, 5) is 9.05. The maximum atomic E-state index is 12.4. The first kappa shape index (κ1) is 30.2. The molecule has 0 fully saturated rings. The fourth-order valence-corrected chi connectivity index (χ4v) is 4.80. The van der Waals surface area contributed by atoms with E-state index in [1.807, 2.05) is 75.5 Å². The summed E-state index contributed by atoms with van der Waals surface area (Å²) in [5.74, 6) is 0.307. The van der Waals surface area contributed by atoms with Crippen LogP contribution in [0.25, 0.3) is 16.5 Å². The lowest BCUT2D eigenvalue weighted by molar-refractivity contribution is 0.121. The van der Waals surface area contributed by atoms with Crippen LogP contribution in [-0.4, -0.2) is 28.0 Å². The van der Waals surface area contributed by atoms with E-state index in [-0.39, 0.29) is 6.61 Å². The fraction of sp³-hybridized carbons (Fsp3) is 0.294. The fourth-order valence-electron chi connectivity index (χ4n) is 4.60. The predicted octanol–water partition coefficient (Wildman–Crippen LogP) is 8.13. The van der Waals surface area contributed by atoms with Crippen LogP contribution in [0.4, 0.5) is 0 Å². The Morgan fingerprint density at radius 3 is 2.54 bits per heavy atom. The molecule has 2 N–H and O–H groups in total. The van der Waals surface area contributed by atoms with Crippen molar-refractivity contribution in [3.8, 4) is 0 Å². The van der Waals surface area contributed by atoms with Gasteiger partial charge in [0.1, 0.15) is 10.8 Å². The average Bonchev–Trinajstić information content (AvgIpc) is 2.94. The molecular formula is C34H39ClN2O2. The highest BCUT2D eigenvalue weighted by molar-refractivity contribution is 6.30. The van der Waals surface area contributed by atoms with Crippen molar-refractivity contribution in [2.45, 2.75) is 53.6 Å². The van der Waals surface area contributed by atoms with Crippen LogP contribution in [0.1, 0.15) is 62.4 Å². The van der Waals surface area contributed by atoms with E-state index in [0.29, 0.717) is 17.5 Å². The normalized spacial score (nSPS) is 19.0. The molecule has 0 saturated carbocycles. The van der Waals surface area contributed by atoms with Crippen molar-refractivity contribution < 1.29 is 10.2 Å². The van der Waals surface area contributed by atoms with Crippen LogP contribution in [0.3, 0.4) is 0 Å². The largest absolute Gasteiger partial charge is 0.392 e. The molecular weight excluding hydrogens is 504 g/mol. The number of hydrogen-bond donors (Lipinski definition) is 2. The summed E-state index contributed by atoms with van der Waals surface area (Å²) in [5, 5.41) is 22.9. The SMILES string of the molecule is C/C(=C\N=CC(C)C)C1(O)c2ccc(C)c(c2)C/C=C(\C=C/C=CCO)c2cc(Cl)nc3ccc1cc23.CC. The van der Waals surface area contributed by atoms with Gasteiger partial charge in [-0.15, -0.1) is 0 Å². The zero-order valence-electron chi connectivity index (χ0n) is 23.7. The summed E-state index contributed by atoms with van der Waals surface area (Å²) in [7, 11) is 0. The first-order valence-corrected chi connectivity index (χ1v) is 13.9. The number of aliphatic hydroxyl groups excluding tert-OH is 1. The molecule has 5 heteroatoms. The monoisotopic (exact) mass is 542 g/mol. The number of aliphatic imine (C=N–C) groups is 1. The van der Waals surface area contributed by atoms with Gasteiger partial charge in [0.2, 0.25) is 0 Å². The van der Waals surface area contributed by atoms with E-state index in [1.165, 1.54) is 0 Å². The van der Waals surface area contributed by atoms with Crippen LogP contribution < -0.4 is 0 Å². The third-order valence-corrected chi connectivity index (χ3v) is 6.86. The Hall–Kier alpha value is -3.31. The molecule has 1 aromatic heterocycles. The van der Waals surface area contributed by atoms with Crippen molar-refractivity contribution in [3.05, 3.63) is 118 Å². The third-order valence-electron chi connectivity index (χ3n) is 6.67. The Bertz CT molecular complexity index is 1460. The van der Waals surface area contributed by atoms with Crippen molar-refractivity contribution in [1.82, 2.24) is 4.98 Å². The number of allylic oxidation sites excluding steroid dienone is 5. The van der Waals surface area contributed by atoms with Crippen molar-refractivity contribution in [3.63, 3.8) is 0 Å². The summed E-state index contributed by atoms with van der Waals surface area (Å²) in [6, 6.07) is 13.9. The van der Waals surface area contributed by atoms with E-state index >= 15 is 0 Å². The second-order valence-electron chi connectivity index (χ2n) is 9.76. The van der Waals surface area contributed by atoms with Gasteiger partial charge in [0.25, 0.3) is 0 Å². The second-order valence-corrected chi connectivity index (χ2v) is 10.2. The maximum absolute atomic E-state index is 12.4. The maximum Gasteiger partial charge on any atom is 0.138 e. The van der Waals surface area contributed by atoms with Gasteiger partial charge in [-0.2, -0.15) is 0 Å². The molecule has 0 aliphatic heterocycles. The van der Waals surface area contributed by atoms with Crippen LogP contribution in [0.5, 0.6) is 0 Å². The van der Waals surface area contributed by atoms with Gasteiger partial charge >= 0.3 is 0 Å². The summed E-state index contributed by atoms with van der Waals surface area (Å²) >= 11 is 6.46. The zero-order valence-corrected chi connectivity index (χ0v) is 24.5. The van der Waals surface area contributed by atoms with Gasteiger partial charge in [0.05, 0.1) is 12.1 Å².